The number of anilines is 1. The molecule has 1 saturated heterocycles. The van der Waals surface area contributed by atoms with E-state index in [9.17, 15) is 19.5 Å². The van der Waals surface area contributed by atoms with Crippen LogP contribution in [-0.4, -0.2) is 29.4 Å². The molecule has 0 spiro atoms. The van der Waals surface area contributed by atoms with Crippen molar-refractivity contribution in [1.29, 1.82) is 0 Å². The summed E-state index contributed by atoms with van der Waals surface area (Å²) in [4.78, 5) is 39.9. The van der Waals surface area contributed by atoms with Crippen LogP contribution >= 0.6 is 0 Å². The van der Waals surface area contributed by atoms with Crippen LogP contribution in [0.2, 0.25) is 0 Å². The quantitative estimate of drug-likeness (QED) is 0.214. The number of ether oxygens (including phenoxy) is 1. The molecule has 0 aliphatic carbocycles. The lowest BCUT2D eigenvalue weighted by atomic mass is 9.94. The standard InChI is InChI=1S/C30H29NO5/c1-4-20-9-13-22(14-10-20)28(33)26-27(23-8-6-7-19(3)17-23)31(30(35)29(26)34)24-15-11-21(12-16-24)18-25(32)36-5-2/h6-17,27,33H,4-5,18H2,1-3H3/b28-26-. The maximum atomic E-state index is 13.3. The number of amides is 1. The molecule has 1 fully saturated rings. The number of aryl methyl sites for hydroxylation is 2. The number of esters is 1. The number of hydrogen-bond donors (Lipinski definition) is 1. The highest BCUT2D eigenvalue weighted by Crippen LogP contribution is 2.42. The van der Waals surface area contributed by atoms with Crippen molar-refractivity contribution in [2.45, 2.75) is 39.7 Å². The lowest BCUT2D eigenvalue weighted by Gasteiger charge is -2.26. The Kier molecular flexibility index (Phi) is 7.34. The molecule has 3 aromatic carbocycles. The predicted octanol–water partition coefficient (Wildman–Crippen LogP) is 5.29. The maximum absolute atomic E-state index is 13.3. The second-order valence-electron chi connectivity index (χ2n) is 8.78. The van der Waals surface area contributed by atoms with Gasteiger partial charge in [0, 0.05) is 11.3 Å². The summed E-state index contributed by atoms with van der Waals surface area (Å²) in [7, 11) is 0. The van der Waals surface area contributed by atoms with Crippen molar-refractivity contribution in [2.24, 2.45) is 0 Å². The first-order valence-corrected chi connectivity index (χ1v) is 12.1. The van der Waals surface area contributed by atoms with Gasteiger partial charge in [0.2, 0.25) is 0 Å². The normalized spacial score (nSPS) is 16.9. The van der Waals surface area contributed by atoms with Crippen LogP contribution in [0, 0.1) is 6.92 Å². The van der Waals surface area contributed by atoms with E-state index in [0.717, 1.165) is 28.7 Å². The number of ketones is 1. The molecular weight excluding hydrogens is 454 g/mol. The fourth-order valence-electron chi connectivity index (χ4n) is 4.46. The van der Waals surface area contributed by atoms with Gasteiger partial charge < -0.3 is 9.84 Å². The average Bonchev–Trinajstić information content (AvgIpc) is 3.14. The third-order valence-corrected chi connectivity index (χ3v) is 6.31. The highest BCUT2D eigenvalue weighted by Gasteiger charge is 2.47. The molecule has 1 heterocycles. The van der Waals surface area contributed by atoms with Crippen molar-refractivity contribution in [1.82, 2.24) is 0 Å². The van der Waals surface area contributed by atoms with Crippen molar-refractivity contribution in [3.63, 3.8) is 0 Å². The maximum Gasteiger partial charge on any atom is 0.310 e. The third-order valence-electron chi connectivity index (χ3n) is 6.31. The molecule has 1 aliphatic heterocycles. The molecule has 6 nitrogen and oxygen atoms in total. The number of Topliss-reactive ketones (excluding diaryl/α,β-unsaturated/α-hetero) is 1. The highest BCUT2D eigenvalue weighted by molar-refractivity contribution is 6.51. The molecule has 4 rings (SSSR count). The van der Waals surface area contributed by atoms with Crippen LogP contribution in [0.15, 0.2) is 78.4 Å². The minimum atomic E-state index is -0.799. The van der Waals surface area contributed by atoms with Gasteiger partial charge in [-0.25, -0.2) is 0 Å². The van der Waals surface area contributed by atoms with Crippen molar-refractivity contribution in [3.05, 3.63) is 106 Å². The summed E-state index contributed by atoms with van der Waals surface area (Å²) in [6.45, 7) is 6.03. The van der Waals surface area contributed by atoms with Crippen LogP contribution in [0.1, 0.15) is 47.7 Å². The van der Waals surface area contributed by atoms with Gasteiger partial charge in [0.25, 0.3) is 11.7 Å². The first-order chi connectivity index (χ1) is 17.3. The van der Waals surface area contributed by atoms with E-state index in [0.29, 0.717) is 17.9 Å². The van der Waals surface area contributed by atoms with Crippen molar-refractivity contribution >= 4 is 29.1 Å². The molecule has 0 bridgehead atoms. The third kappa shape index (κ3) is 4.93. The number of aliphatic hydroxyl groups is 1. The number of hydrogen-bond acceptors (Lipinski definition) is 5. The molecule has 3 aromatic rings. The Hall–Kier alpha value is -4.19. The summed E-state index contributed by atoms with van der Waals surface area (Å²) in [5.74, 6) is -2.00. The van der Waals surface area contributed by atoms with Gasteiger partial charge in [0.15, 0.2) is 0 Å². The average molecular weight is 484 g/mol. The number of nitrogens with zero attached hydrogens (tertiary/aromatic N) is 1. The number of rotatable bonds is 7. The van der Waals surface area contributed by atoms with Crippen molar-refractivity contribution in [3.8, 4) is 0 Å². The molecule has 1 unspecified atom stereocenters. The fraction of sp³-hybridized carbons (Fsp3) is 0.233. The number of carbonyl (C=O) groups excluding carboxylic acids is 3. The van der Waals surface area contributed by atoms with E-state index in [-0.39, 0.29) is 23.7 Å². The van der Waals surface area contributed by atoms with Gasteiger partial charge in [0.05, 0.1) is 24.6 Å². The number of carbonyl (C=O) groups is 3. The van der Waals surface area contributed by atoms with Crippen LogP contribution in [0.5, 0.6) is 0 Å². The minimum Gasteiger partial charge on any atom is -0.507 e. The van der Waals surface area contributed by atoms with Gasteiger partial charge in [-0.3, -0.25) is 19.3 Å². The van der Waals surface area contributed by atoms with Crippen LogP contribution in [0.4, 0.5) is 5.69 Å². The van der Waals surface area contributed by atoms with Crippen LogP contribution in [-0.2, 0) is 32.0 Å². The number of aliphatic hydroxyl groups excluding tert-OH is 1. The Morgan fingerprint density at radius 3 is 2.22 bits per heavy atom. The Morgan fingerprint density at radius 2 is 1.61 bits per heavy atom. The van der Waals surface area contributed by atoms with E-state index in [2.05, 4.69) is 0 Å². The van der Waals surface area contributed by atoms with Crippen LogP contribution in [0.25, 0.3) is 5.76 Å². The molecule has 0 aromatic heterocycles. The first-order valence-electron chi connectivity index (χ1n) is 12.1. The molecule has 1 aliphatic rings. The SMILES string of the molecule is CCOC(=O)Cc1ccc(N2C(=O)C(=O)/C(=C(\O)c3ccc(CC)cc3)C2c2cccc(C)c2)cc1. The molecule has 6 heteroatoms. The van der Waals surface area contributed by atoms with Crippen LogP contribution in [0.3, 0.4) is 0 Å². The fourth-order valence-corrected chi connectivity index (χ4v) is 4.46. The van der Waals surface area contributed by atoms with Gasteiger partial charge >= 0.3 is 5.97 Å². The zero-order valence-electron chi connectivity index (χ0n) is 20.7. The molecular formula is C30H29NO5. The van der Waals surface area contributed by atoms with E-state index in [4.69, 9.17) is 4.74 Å². The van der Waals surface area contributed by atoms with E-state index in [1.807, 2.05) is 50.2 Å². The molecule has 1 N–H and O–H groups in total. The van der Waals surface area contributed by atoms with Crippen LogP contribution < -0.4 is 4.90 Å². The first kappa shape index (κ1) is 24.9. The molecule has 1 amide bonds. The summed E-state index contributed by atoms with van der Waals surface area (Å²) < 4.78 is 5.01. The topological polar surface area (TPSA) is 83.9 Å². The Balaban J connectivity index is 1.80. The van der Waals surface area contributed by atoms with E-state index in [1.165, 1.54) is 4.90 Å². The summed E-state index contributed by atoms with van der Waals surface area (Å²) in [6.07, 6.45) is 0.961. The molecule has 36 heavy (non-hydrogen) atoms. The number of benzene rings is 3. The van der Waals surface area contributed by atoms with E-state index >= 15 is 0 Å². The summed E-state index contributed by atoms with van der Waals surface area (Å²) in [5, 5.41) is 11.3. The Labute approximate surface area is 210 Å². The van der Waals surface area contributed by atoms with Gasteiger partial charge in [-0.1, -0.05) is 73.2 Å². The summed E-state index contributed by atoms with van der Waals surface area (Å²) >= 11 is 0. The molecule has 1 atom stereocenters. The smallest absolute Gasteiger partial charge is 0.310 e. The second kappa shape index (κ2) is 10.6. The zero-order valence-corrected chi connectivity index (χ0v) is 20.7. The van der Waals surface area contributed by atoms with E-state index < -0.39 is 17.7 Å². The monoisotopic (exact) mass is 483 g/mol. The van der Waals surface area contributed by atoms with Gasteiger partial charge in [-0.15, -0.1) is 0 Å². The molecule has 0 radical (unpaired) electrons. The zero-order chi connectivity index (χ0) is 25.8. The Bertz CT molecular complexity index is 1320. The highest BCUT2D eigenvalue weighted by atomic mass is 16.5. The lowest BCUT2D eigenvalue weighted by Crippen LogP contribution is -2.29. The largest absolute Gasteiger partial charge is 0.507 e. The van der Waals surface area contributed by atoms with Crippen molar-refractivity contribution in [2.75, 3.05) is 11.5 Å². The summed E-state index contributed by atoms with van der Waals surface area (Å²) in [6, 6.07) is 21.0. The molecule has 184 valence electrons. The Morgan fingerprint density at radius 1 is 0.944 bits per heavy atom. The van der Waals surface area contributed by atoms with Gasteiger partial charge in [-0.2, -0.15) is 0 Å². The van der Waals surface area contributed by atoms with E-state index in [1.54, 1.807) is 43.3 Å². The van der Waals surface area contributed by atoms with Crippen molar-refractivity contribution < 1.29 is 24.2 Å². The van der Waals surface area contributed by atoms with Gasteiger partial charge in [0.1, 0.15) is 5.76 Å². The lowest BCUT2D eigenvalue weighted by molar-refractivity contribution is -0.142. The summed E-state index contributed by atoms with van der Waals surface area (Å²) in [5.41, 5.74) is 4.54. The second-order valence-corrected chi connectivity index (χ2v) is 8.78. The minimum absolute atomic E-state index is 0.0467. The molecule has 0 saturated carbocycles. The van der Waals surface area contributed by atoms with Gasteiger partial charge in [-0.05, 0) is 49.1 Å². The predicted molar refractivity (Wildman–Crippen MR) is 139 cm³/mol.